The number of thiazole rings is 1. The molecule has 146 valence electrons. The summed E-state index contributed by atoms with van der Waals surface area (Å²) < 4.78 is 27.4. The van der Waals surface area contributed by atoms with Gasteiger partial charge in [0.2, 0.25) is 0 Å². The van der Waals surface area contributed by atoms with Gasteiger partial charge in [0.15, 0.2) is 36.3 Å². The van der Waals surface area contributed by atoms with E-state index in [0.29, 0.717) is 21.3 Å². The van der Waals surface area contributed by atoms with Crippen molar-refractivity contribution in [3.8, 4) is 0 Å². The Hall–Kier alpha value is -1.95. The second kappa shape index (κ2) is 7.47. The van der Waals surface area contributed by atoms with Gasteiger partial charge in [0.25, 0.3) is 0 Å². The maximum absolute atomic E-state index is 12.0. The van der Waals surface area contributed by atoms with E-state index in [1.165, 1.54) is 29.4 Å². The van der Waals surface area contributed by atoms with Crippen LogP contribution in [0.25, 0.3) is 21.4 Å². The van der Waals surface area contributed by atoms with Gasteiger partial charge in [-0.05, 0) is 23.9 Å². The Bertz CT molecular complexity index is 1280. The Morgan fingerprint density at radius 1 is 1.29 bits per heavy atom. The molecule has 3 heterocycles. The molecule has 4 rings (SSSR count). The van der Waals surface area contributed by atoms with Gasteiger partial charge in [-0.25, -0.2) is 28.4 Å². The summed E-state index contributed by atoms with van der Waals surface area (Å²) >= 11 is 9.02. The van der Waals surface area contributed by atoms with E-state index in [1.54, 1.807) is 11.5 Å². The maximum Gasteiger partial charge on any atom is 0.177 e. The van der Waals surface area contributed by atoms with Crippen molar-refractivity contribution in [2.75, 3.05) is 17.2 Å². The third kappa shape index (κ3) is 3.66. The van der Waals surface area contributed by atoms with Gasteiger partial charge < -0.3 is 10.3 Å². The molecule has 1 aromatic carbocycles. The lowest BCUT2D eigenvalue weighted by atomic mass is 10.3. The molecule has 0 saturated carbocycles. The van der Waals surface area contributed by atoms with Crippen molar-refractivity contribution in [1.82, 2.24) is 24.5 Å². The molecule has 0 radical (unpaired) electrons. The van der Waals surface area contributed by atoms with Gasteiger partial charge in [-0.3, -0.25) is 0 Å². The molecule has 0 saturated heterocycles. The van der Waals surface area contributed by atoms with Gasteiger partial charge in [-0.15, -0.1) is 11.3 Å². The van der Waals surface area contributed by atoms with Crippen LogP contribution in [-0.2, 0) is 16.4 Å². The summed E-state index contributed by atoms with van der Waals surface area (Å²) in [4.78, 5) is 17.4. The minimum atomic E-state index is -3.15. The monoisotopic (exact) mass is 454 g/mol. The lowest BCUT2D eigenvalue weighted by molar-refractivity contribution is 0.586. The van der Waals surface area contributed by atoms with Crippen LogP contribution in [0.2, 0.25) is 5.02 Å². The minimum absolute atomic E-state index is 0.0158. The van der Waals surface area contributed by atoms with Crippen molar-refractivity contribution in [1.29, 1.82) is 0 Å². The minimum Gasteiger partial charge on any atom is -0.382 e. The van der Waals surface area contributed by atoms with Gasteiger partial charge in [0.05, 0.1) is 21.0 Å². The molecule has 0 bridgehead atoms. The molecule has 0 spiro atoms. The summed E-state index contributed by atoms with van der Waals surface area (Å²) in [5.41, 5.74) is 7.68. The van der Waals surface area contributed by atoms with Gasteiger partial charge >= 0.3 is 0 Å². The predicted octanol–water partition coefficient (Wildman–Crippen LogP) is 3.26. The molecule has 12 heteroatoms. The summed E-state index contributed by atoms with van der Waals surface area (Å²) in [6, 6.07) is 5.56. The van der Waals surface area contributed by atoms with Crippen LogP contribution in [0.1, 0.15) is 6.92 Å². The molecule has 0 unspecified atom stereocenters. The summed E-state index contributed by atoms with van der Waals surface area (Å²) in [7, 11) is -3.15. The summed E-state index contributed by atoms with van der Waals surface area (Å²) in [5.74, 6) is 0.310. The molecule has 28 heavy (non-hydrogen) atoms. The van der Waals surface area contributed by atoms with Crippen LogP contribution in [0, 0.1) is 0 Å². The Balaban J connectivity index is 1.77. The zero-order valence-corrected chi connectivity index (χ0v) is 17.9. The van der Waals surface area contributed by atoms with Crippen molar-refractivity contribution in [3.63, 3.8) is 0 Å². The third-order valence-corrected chi connectivity index (χ3v) is 8.39. The number of benzene rings is 1. The fraction of sp³-hybridized carbons (Fsp3) is 0.250. The highest BCUT2D eigenvalue weighted by Crippen LogP contribution is 2.38. The first-order chi connectivity index (χ1) is 13.4. The van der Waals surface area contributed by atoms with Crippen molar-refractivity contribution >= 4 is 71.7 Å². The van der Waals surface area contributed by atoms with Crippen LogP contribution in [0.3, 0.4) is 0 Å². The highest BCUT2D eigenvalue weighted by Gasteiger charge is 2.19. The standard InChI is InChI=1S/C16H15ClN6O2S3/c1-2-28(24,25)7-6-23-14-11(13(18)19-8-20-14)22-15(23)27-16-21-10-5-3-4-9(17)12(10)26-16/h3-5,8H,2,6-7H2,1H3,(H2,18,19,20). The van der Waals surface area contributed by atoms with Crippen LogP contribution < -0.4 is 5.73 Å². The fourth-order valence-corrected chi connectivity index (χ4v) is 5.71. The number of rotatable bonds is 6. The molecule has 4 aromatic rings. The summed E-state index contributed by atoms with van der Waals surface area (Å²) in [5, 5.41) is 1.20. The van der Waals surface area contributed by atoms with Gasteiger partial charge in [-0.2, -0.15) is 0 Å². The Labute approximate surface area is 174 Å². The number of imidazole rings is 1. The lowest BCUT2D eigenvalue weighted by Gasteiger charge is -2.07. The highest BCUT2D eigenvalue weighted by molar-refractivity contribution is 8.01. The molecule has 0 atom stereocenters. The van der Waals surface area contributed by atoms with Crippen molar-refractivity contribution in [2.45, 2.75) is 23.0 Å². The first kappa shape index (κ1) is 19.4. The average molecular weight is 455 g/mol. The molecule has 8 nitrogen and oxygen atoms in total. The SMILES string of the molecule is CCS(=O)(=O)CCn1c(Sc2nc3cccc(Cl)c3s2)nc2c(N)ncnc21. The van der Waals surface area contributed by atoms with E-state index in [2.05, 4.69) is 19.9 Å². The number of fused-ring (bicyclic) bond motifs is 2. The number of halogens is 1. The van der Waals surface area contributed by atoms with E-state index < -0.39 is 9.84 Å². The molecule has 3 aromatic heterocycles. The van der Waals surface area contributed by atoms with Crippen LogP contribution in [0.15, 0.2) is 34.0 Å². The third-order valence-electron chi connectivity index (χ3n) is 4.12. The van der Waals surface area contributed by atoms with E-state index in [1.807, 2.05) is 18.2 Å². The van der Waals surface area contributed by atoms with Crippen LogP contribution in [0.5, 0.6) is 0 Å². The van der Waals surface area contributed by atoms with E-state index >= 15 is 0 Å². The Kier molecular flexibility index (Phi) is 5.17. The van der Waals surface area contributed by atoms with E-state index in [0.717, 1.165) is 14.6 Å². The van der Waals surface area contributed by atoms with Gasteiger partial charge in [0.1, 0.15) is 6.33 Å². The molecule has 0 fully saturated rings. The topological polar surface area (TPSA) is 117 Å². The summed E-state index contributed by atoms with van der Waals surface area (Å²) in [6.07, 6.45) is 1.34. The first-order valence-electron chi connectivity index (χ1n) is 8.28. The number of hydrogen-bond acceptors (Lipinski definition) is 9. The number of aromatic nitrogens is 5. The Morgan fingerprint density at radius 2 is 2.11 bits per heavy atom. The van der Waals surface area contributed by atoms with E-state index in [4.69, 9.17) is 17.3 Å². The van der Waals surface area contributed by atoms with Gasteiger partial charge in [-0.1, -0.05) is 24.6 Å². The first-order valence-corrected chi connectivity index (χ1v) is 12.1. The zero-order valence-electron chi connectivity index (χ0n) is 14.7. The number of nitrogen functional groups attached to an aromatic ring is 1. The second-order valence-corrected chi connectivity index (χ2v) is 11.0. The summed E-state index contributed by atoms with van der Waals surface area (Å²) in [6.45, 7) is 1.85. The lowest BCUT2D eigenvalue weighted by Crippen LogP contribution is -2.15. The van der Waals surface area contributed by atoms with Crippen molar-refractivity contribution < 1.29 is 8.42 Å². The number of sulfone groups is 1. The van der Waals surface area contributed by atoms with Crippen molar-refractivity contribution in [3.05, 3.63) is 29.5 Å². The smallest absolute Gasteiger partial charge is 0.177 e. The number of aryl methyl sites for hydroxylation is 1. The van der Waals surface area contributed by atoms with Crippen LogP contribution in [-0.4, -0.2) is 44.4 Å². The number of hydrogen-bond donors (Lipinski definition) is 1. The predicted molar refractivity (Wildman–Crippen MR) is 113 cm³/mol. The molecule has 0 aliphatic carbocycles. The molecular weight excluding hydrogens is 440 g/mol. The average Bonchev–Trinajstić information content (AvgIpc) is 3.23. The van der Waals surface area contributed by atoms with E-state index in [9.17, 15) is 8.42 Å². The largest absolute Gasteiger partial charge is 0.382 e. The molecule has 2 N–H and O–H groups in total. The second-order valence-electron chi connectivity index (χ2n) is 5.88. The normalized spacial score (nSPS) is 12.2. The quantitative estimate of drug-likeness (QED) is 0.471. The van der Waals surface area contributed by atoms with Gasteiger partial charge in [0, 0.05) is 12.3 Å². The number of anilines is 1. The molecular formula is C16H15ClN6O2S3. The number of nitrogens with zero attached hydrogens (tertiary/aromatic N) is 5. The van der Waals surface area contributed by atoms with E-state index in [-0.39, 0.29) is 23.9 Å². The maximum atomic E-state index is 12.0. The zero-order chi connectivity index (χ0) is 19.9. The van der Waals surface area contributed by atoms with Crippen LogP contribution >= 0.6 is 34.7 Å². The number of nitrogens with two attached hydrogens (primary N) is 1. The highest BCUT2D eigenvalue weighted by atomic mass is 35.5. The molecule has 0 aliphatic rings. The fourth-order valence-electron chi connectivity index (χ4n) is 2.60. The molecule has 0 aliphatic heterocycles. The van der Waals surface area contributed by atoms with Crippen molar-refractivity contribution in [2.24, 2.45) is 0 Å². The molecule has 0 amide bonds. The van der Waals surface area contributed by atoms with Crippen LogP contribution in [0.4, 0.5) is 5.82 Å². The Morgan fingerprint density at radius 3 is 2.86 bits per heavy atom.